The zero-order valence-corrected chi connectivity index (χ0v) is 11.9. The zero-order chi connectivity index (χ0) is 13.0. The third kappa shape index (κ3) is 1.44. The molecule has 3 aromatic rings. The Morgan fingerprint density at radius 1 is 0.842 bits per heavy atom. The molecule has 94 valence electrons. The fourth-order valence-corrected chi connectivity index (χ4v) is 5.37. The van der Waals surface area contributed by atoms with Gasteiger partial charge in [0.2, 0.25) is 0 Å². The molecule has 1 aliphatic rings. The van der Waals surface area contributed by atoms with Crippen molar-refractivity contribution in [2.45, 2.75) is 0 Å². The zero-order valence-electron chi connectivity index (χ0n) is 9.76. The van der Waals surface area contributed by atoms with Crippen molar-refractivity contribution in [2.24, 2.45) is 0 Å². The second kappa shape index (κ2) is 3.91. The van der Waals surface area contributed by atoms with Crippen LogP contribution in [0.15, 0.2) is 48.5 Å². The van der Waals surface area contributed by atoms with Crippen molar-refractivity contribution < 1.29 is 11.3 Å². The maximum atomic E-state index is 12.0. The molecule has 0 amide bonds. The minimum atomic E-state index is -2.80. The van der Waals surface area contributed by atoms with Gasteiger partial charge in [0.1, 0.15) is 0 Å². The third-order valence-corrected chi connectivity index (χ3v) is 6.24. The molecule has 0 aliphatic carbocycles. The Labute approximate surface area is 117 Å². The molecule has 0 saturated heterocycles. The molecule has 0 bridgehead atoms. The summed E-state index contributed by atoms with van der Waals surface area (Å²) in [6, 6.07) is 15.6. The Morgan fingerprint density at radius 3 is 2.05 bits per heavy atom. The number of carbonyl (C=O) groups is 1. The first-order valence-corrected chi connectivity index (χ1v) is 8.75. The SMILES string of the molecule is O=C1OI(O)c2c1c1ccccc1c1ccccc21. The normalized spacial score (nSPS) is 15.8. The topological polar surface area (TPSA) is 46.5 Å². The van der Waals surface area contributed by atoms with E-state index in [1.807, 2.05) is 48.5 Å². The standard InChI is InChI=1S/C15H9IO3/c17-15-13-11-7-3-1-5-9(11)10-6-2-4-8-12(10)14(13)16(18)19-15/h1-8,18H. The van der Waals surface area contributed by atoms with Crippen LogP contribution in [0.1, 0.15) is 10.4 Å². The second-order valence-electron chi connectivity index (χ2n) is 4.38. The summed E-state index contributed by atoms with van der Waals surface area (Å²) < 4.78 is 16.0. The Balaban J connectivity index is 2.35. The monoisotopic (exact) mass is 364 g/mol. The molecule has 0 fully saturated rings. The van der Waals surface area contributed by atoms with E-state index in [-0.39, 0.29) is 5.97 Å². The van der Waals surface area contributed by atoms with Gasteiger partial charge < -0.3 is 0 Å². The van der Waals surface area contributed by atoms with Crippen LogP contribution in [0, 0.1) is 3.57 Å². The number of rotatable bonds is 0. The van der Waals surface area contributed by atoms with Gasteiger partial charge in [-0.05, 0) is 0 Å². The number of fused-ring (bicyclic) bond motifs is 6. The molecule has 3 nitrogen and oxygen atoms in total. The Hall–Kier alpha value is -1.66. The number of halogens is 1. The molecule has 4 rings (SSSR count). The van der Waals surface area contributed by atoms with Gasteiger partial charge in [-0.1, -0.05) is 0 Å². The molecule has 0 aromatic heterocycles. The molecular weight excluding hydrogens is 355 g/mol. The van der Waals surface area contributed by atoms with Gasteiger partial charge in [0, 0.05) is 0 Å². The molecule has 0 spiro atoms. The van der Waals surface area contributed by atoms with Crippen LogP contribution in [0.2, 0.25) is 0 Å². The average molecular weight is 364 g/mol. The molecule has 0 unspecified atom stereocenters. The molecular formula is C15H9IO3. The van der Waals surface area contributed by atoms with Gasteiger partial charge in [-0.3, -0.25) is 0 Å². The summed E-state index contributed by atoms with van der Waals surface area (Å²) in [5, 5.41) is 3.90. The summed E-state index contributed by atoms with van der Waals surface area (Å²) in [6.45, 7) is 0. The molecule has 0 atom stereocenters. The fourth-order valence-electron chi connectivity index (χ4n) is 2.61. The average Bonchev–Trinajstić information content (AvgIpc) is 2.75. The third-order valence-electron chi connectivity index (χ3n) is 3.38. The quantitative estimate of drug-likeness (QED) is 0.489. The van der Waals surface area contributed by atoms with E-state index in [0.717, 1.165) is 25.1 Å². The number of hydrogen-bond acceptors (Lipinski definition) is 3. The van der Waals surface area contributed by atoms with E-state index in [1.54, 1.807) is 0 Å². The van der Waals surface area contributed by atoms with Crippen LogP contribution >= 0.6 is 20.6 Å². The minimum absolute atomic E-state index is 0.385. The Bertz CT molecular complexity index is 841. The first kappa shape index (κ1) is 11.2. The van der Waals surface area contributed by atoms with Gasteiger partial charge >= 0.3 is 117 Å². The van der Waals surface area contributed by atoms with Crippen molar-refractivity contribution >= 4 is 48.2 Å². The van der Waals surface area contributed by atoms with E-state index in [4.69, 9.17) is 3.07 Å². The van der Waals surface area contributed by atoms with Gasteiger partial charge in [-0.2, -0.15) is 0 Å². The molecule has 1 heterocycles. The molecule has 0 saturated carbocycles. The summed E-state index contributed by atoms with van der Waals surface area (Å²) in [6.07, 6.45) is 0. The predicted molar refractivity (Wildman–Crippen MR) is 81.8 cm³/mol. The van der Waals surface area contributed by atoms with E-state index < -0.39 is 20.6 Å². The van der Waals surface area contributed by atoms with Crippen molar-refractivity contribution in [3.05, 3.63) is 57.7 Å². The van der Waals surface area contributed by atoms with Crippen LogP contribution in [-0.2, 0) is 3.07 Å². The number of benzene rings is 3. The van der Waals surface area contributed by atoms with Crippen LogP contribution in [-0.4, -0.2) is 9.41 Å². The van der Waals surface area contributed by atoms with Crippen molar-refractivity contribution in [1.82, 2.24) is 0 Å². The van der Waals surface area contributed by atoms with Gasteiger partial charge in [0.05, 0.1) is 0 Å². The van der Waals surface area contributed by atoms with Crippen molar-refractivity contribution in [3.63, 3.8) is 0 Å². The van der Waals surface area contributed by atoms with Crippen LogP contribution in [0.4, 0.5) is 0 Å². The van der Waals surface area contributed by atoms with Crippen molar-refractivity contribution in [2.75, 3.05) is 0 Å². The van der Waals surface area contributed by atoms with E-state index >= 15 is 0 Å². The first-order valence-electron chi connectivity index (χ1n) is 5.83. The molecule has 3 aromatic carbocycles. The van der Waals surface area contributed by atoms with E-state index in [1.165, 1.54) is 0 Å². The summed E-state index contributed by atoms with van der Waals surface area (Å²) >= 11 is -2.80. The Kier molecular flexibility index (Phi) is 2.31. The van der Waals surface area contributed by atoms with Crippen molar-refractivity contribution in [1.29, 1.82) is 0 Å². The van der Waals surface area contributed by atoms with E-state index in [9.17, 15) is 8.23 Å². The second-order valence-corrected chi connectivity index (χ2v) is 7.21. The summed E-state index contributed by atoms with van der Waals surface area (Å²) in [5.74, 6) is -0.385. The van der Waals surface area contributed by atoms with E-state index in [0.29, 0.717) is 5.56 Å². The van der Waals surface area contributed by atoms with E-state index in [2.05, 4.69) is 0 Å². The summed E-state index contributed by atoms with van der Waals surface area (Å²) in [4.78, 5) is 12.0. The van der Waals surface area contributed by atoms with Gasteiger partial charge in [0.25, 0.3) is 0 Å². The van der Waals surface area contributed by atoms with Crippen LogP contribution in [0.25, 0.3) is 21.5 Å². The Morgan fingerprint density at radius 2 is 1.37 bits per heavy atom. The van der Waals surface area contributed by atoms with Gasteiger partial charge in [0.15, 0.2) is 0 Å². The molecule has 19 heavy (non-hydrogen) atoms. The predicted octanol–water partition coefficient (Wildman–Crippen LogP) is 3.66. The van der Waals surface area contributed by atoms with Crippen molar-refractivity contribution in [3.8, 4) is 0 Å². The van der Waals surface area contributed by atoms with Gasteiger partial charge in [-0.25, -0.2) is 0 Å². The summed E-state index contributed by atoms with van der Waals surface area (Å²) in [5.41, 5.74) is 0.557. The molecule has 1 N–H and O–H groups in total. The van der Waals surface area contributed by atoms with Crippen LogP contribution in [0.5, 0.6) is 0 Å². The fraction of sp³-hybridized carbons (Fsp3) is 0. The first-order chi connectivity index (χ1) is 9.27. The molecule has 4 heteroatoms. The maximum absolute atomic E-state index is 12.0. The number of hydrogen-bond donors (Lipinski definition) is 1. The summed E-state index contributed by atoms with van der Waals surface area (Å²) in [7, 11) is 0. The molecule has 0 radical (unpaired) electrons. The van der Waals surface area contributed by atoms with Crippen LogP contribution in [0.3, 0.4) is 0 Å². The van der Waals surface area contributed by atoms with Gasteiger partial charge in [-0.15, -0.1) is 0 Å². The number of carbonyl (C=O) groups excluding carboxylic acids is 1. The molecule has 1 aliphatic heterocycles. The van der Waals surface area contributed by atoms with Crippen LogP contribution < -0.4 is 0 Å².